The van der Waals surface area contributed by atoms with Crippen LogP contribution in [-0.2, 0) is 0 Å². The average Bonchev–Trinajstić information content (AvgIpc) is 3.25. The summed E-state index contributed by atoms with van der Waals surface area (Å²) in [4.78, 5) is 23.8. The number of halogens is 1. The van der Waals surface area contributed by atoms with E-state index in [0.717, 1.165) is 25.9 Å². The smallest absolute Gasteiger partial charge is 0.295 e. The van der Waals surface area contributed by atoms with Crippen molar-refractivity contribution in [1.29, 1.82) is 0 Å². The number of carbonyl (C=O) groups excluding carboxylic acids is 1. The zero-order chi connectivity index (χ0) is 23.4. The standard InChI is InChI=1S/C22H25ClN6O3S/c1-13-19(31-3)18(15-4-7-24-17(23)10-15)16(11-25-13)20(30)26-21-27-28-22(33-21)32-12-14-5-8-29(2)9-6-14/h4,7,10-11,14H,5-6,8-9,12H2,1-3H3,(H,26,27,30). The van der Waals surface area contributed by atoms with E-state index in [9.17, 15) is 4.79 Å². The van der Waals surface area contributed by atoms with Crippen molar-refractivity contribution in [3.05, 3.63) is 40.9 Å². The predicted octanol–water partition coefficient (Wildman–Crippen LogP) is 3.94. The van der Waals surface area contributed by atoms with Crippen molar-refractivity contribution in [2.75, 3.05) is 39.2 Å². The number of aryl methyl sites for hydroxylation is 1. The van der Waals surface area contributed by atoms with Crippen molar-refractivity contribution in [3.63, 3.8) is 0 Å². The zero-order valence-corrected chi connectivity index (χ0v) is 20.2. The molecule has 1 amide bonds. The van der Waals surface area contributed by atoms with Gasteiger partial charge >= 0.3 is 0 Å². The summed E-state index contributed by atoms with van der Waals surface area (Å²) in [5.41, 5.74) is 2.25. The van der Waals surface area contributed by atoms with E-state index >= 15 is 0 Å². The van der Waals surface area contributed by atoms with E-state index in [1.807, 2.05) is 6.92 Å². The normalized spacial score (nSPS) is 14.8. The maximum atomic E-state index is 13.2. The van der Waals surface area contributed by atoms with Gasteiger partial charge in [-0.25, -0.2) is 4.98 Å². The maximum absolute atomic E-state index is 13.2. The number of piperidine rings is 1. The number of pyridine rings is 2. The largest absolute Gasteiger partial charge is 0.494 e. The van der Waals surface area contributed by atoms with Gasteiger partial charge in [0.05, 0.1) is 25.0 Å². The molecule has 33 heavy (non-hydrogen) atoms. The Labute approximate surface area is 201 Å². The summed E-state index contributed by atoms with van der Waals surface area (Å²) < 4.78 is 11.4. The Bertz CT molecular complexity index is 1130. The fourth-order valence-corrected chi connectivity index (χ4v) is 4.53. The topological polar surface area (TPSA) is 102 Å². The van der Waals surface area contributed by atoms with Crippen LogP contribution >= 0.6 is 22.9 Å². The van der Waals surface area contributed by atoms with Crippen molar-refractivity contribution in [3.8, 4) is 22.1 Å². The van der Waals surface area contributed by atoms with Gasteiger partial charge in [0.25, 0.3) is 11.1 Å². The number of nitrogens with one attached hydrogen (secondary N) is 1. The van der Waals surface area contributed by atoms with Crippen LogP contribution in [0.4, 0.5) is 5.13 Å². The summed E-state index contributed by atoms with van der Waals surface area (Å²) >= 11 is 7.28. The highest BCUT2D eigenvalue weighted by Gasteiger charge is 2.22. The number of ether oxygens (including phenoxy) is 2. The number of anilines is 1. The lowest BCUT2D eigenvalue weighted by molar-refractivity contribution is 0.102. The van der Waals surface area contributed by atoms with Gasteiger partial charge in [0.1, 0.15) is 10.9 Å². The molecule has 1 aliphatic rings. The maximum Gasteiger partial charge on any atom is 0.295 e. The third-order valence-electron chi connectivity index (χ3n) is 5.58. The summed E-state index contributed by atoms with van der Waals surface area (Å²) in [6, 6.07) is 3.44. The van der Waals surface area contributed by atoms with Gasteiger partial charge in [-0.2, -0.15) is 0 Å². The molecule has 1 aliphatic heterocycles. The molecule has 0 aromatic carbocycles. The van der Waals surface area contributed by atoms with Gasteiger partial charge in [0.2, 0.25) is 5.13 Å². The van der Waals surface area contributed by atoms with Crippen molar-refractivity contribution in [2.45, 2.75) is 19.8 Å². The molecule has 4 rings (SSSR count). The second kappa shape index (κ2) is 10.4. The van der Waals surface area contributed by atoms with Crippen molar-refractivity contribution in [2.24, 2.45) is 5.92 Å². The lowest BCUT2D eigenvalue weighted by atomic mass is 9.98. The Kier molecular flexibility index (Phi) is 7.36. The lowest BCUT2D eigenvalue weighted by Gasteiger charge is -2.28. The molecular weight excluding hydrogens is 464 g/mol. The highest BCUT2D eigenvalue weighted by molar-refractivity contribution is 7.17. The number of hydrogen-bond acceptors (Lipinski definition) is 9. The Morgan fingerprint density at radius 2 is 2.09 bits per heavy atom. The predicted molar refractivity (Wildman–Crippen MR) is 127 cm³/mol. The second-order valence-corrected chi connectivity index (χ2v) is 9.24. The minimum atomic E-state index is -0.387. The number of amides is 1. The molecule has 9 nitrogen and oxygen atoms in total. The number of carbonyl (C=O) groups is 1. The van der Waals surface area contributed by atoms with Crippen LogP contribution in [-0.4, -0.2) is 64.8 Å². The Morgan fingerprint density at radius 1 is 1.30 bits per heavy atom. The van der Waals surface area contributed by atoms with Crippen LogP contribution in [0, 0.1) is 12.8 Å². The van der Waals surface area contributed by atoms with Crippen LogP contribution in [0.15, 0.2) is 24.5 Å². The lowest BCUT2D eigenvalue weighted by Crippen LogP contribution is -2.32. The molecule has 0 spiro atoms. The first-order chi connectivity index (χ1) is 15.9. The monoisotopic (exact) mass is 488 g/mol. The van der Waals surface area contributed by atoms with Crippen LogP contribution in [0.3, 0.4) is 0 Å². The number of methoxy groups -OCH3 is 1. The van der Waals surface area contributed by atoms with Gasteiger partial charge in [-0.3, -0.25) is 15.1 Å². The van der Waals surface area contributed by atoms with Gasteiger partial charge in [0.15, 0.2) is 0 Å². The van der Waals surface area contributed by atoms with Gasteiger partial charge < -0.3 is 14.4 Å². The minimum Gasteiger partial charge on any atom is -0.494 e. The fourth-order valence-electron chi connectivity index (χ4n) is 3.76. The van der Waals surface area contributed by atoms with Gasteiger partial charge in [-0.1, -0.05) is 16.7 Å². The van der Waals surface area contributed by atoms with Crippen molar-refractivity contribution < 1.29 is 14.3 Å². The van der Waals surface area contributed by atoms with Crippen molar-refractivity contribution >= 4 is 34.0 Å². The Balaban J connectivity index is 1.50. The third kappa shape index (κ3) is 5.58. The molecular formula is C22H25ClN6O3S. The summed E-state index contributed by atoms with van der Waals surface area (Å²) in [5, 5.41) is 12.0. The van der Waals surface area contributed by atoms with E-state index in [4.69, 9.17) is 21.1 Å². The minimum absolute atomic E-state index is 0.311. The second-order valence-electron chi connectivity index (χ2n) is 7.92. The molecule has 0 saturated carbocycles. The van der Waals surface area contributed by atoms with E-state index < -0.39 is 0 Å². The van der Waals surface area contributed by atoms with Crippen LogP contribution in [0.25, 0.3) is 11.1 Å². The summed E-state index contributed by atoms with van der Waals surface area (Å²) in [5.74, 6) is 0.607. The van der Waals surface area contributed by atoms with Gasteiger partial charge in [0, 0.05) is 18.0 Å². The average molecular weight is 489 g/mol. The number of likely N-dealkylation sites (tertiary alicyclic amines) is 1. The van der Waals surface area contributed by atoms with Gasteiger partial charge in [-0.05, 0) is 74.9 Å². The molecule has 4 heterocycles. The molecule has 1 fully saturated rings. The number of rotatable bonds is 7. The summed E-state index contributed by atoms with van der Waals surface area (Å²) in [6.07, 6.45) is 5.29. The quantitative estimate of drug-likeness (QED) is 0.499. The van der Waals surface area contributed by atoms with E-state index in [1.165, 1.54) is 24.6 Å². The zero-order valence-electron chi connectivity index (χ0n) is 18.7. The van der Waals surface area contributed by atoms with Crippen LogP contribution in [0.2, 0.25) is 5.15 Å². The fraction of sp³-hybridized carbons (Fsp3) is 0.409. The van der Waals surface area contributed by atoms with Crippen LogP contribution < -0.4 is 14.8 Å². The SMILES string of the molecule is COc1c(C)ncc(C(=O)Nc2nnc(OCC3CCN(C)CC3)s2)c1-c1ccnc(Cl)c1. The number of hydrogen-bond donors (Lipinski definition) is 1. The first kappa shape index (κ1) is 23.3. The molecule has 0 bridgehead atoms. The highest BCUT2D eigenvalue weighted by Crippen LogP contribution is 2.36. The molecule has 1 N–H and O–H groups in total. The molecule has 0 radical (unpaired) electrons. The summed E-state index contributed by atoms with van der Waals surface area (Å²) in [7, 11) is 3.67. The van der Waals surface area contributed by atoms with E-state index in [1.54, 1.807) is 18.3 Å². The number of aromatic nitrogens is 4. The molecule has 1 saturated heterocycles. The van der Waals surface area contributed by atoms with E-state index in [-0.39, 0.29) is 5.91 Å². The van der Waals surface area contributed by atoms with Crippen molar-refractivity contribution in [1.82, 2.24) is 25.1 Å². The van der Waals surface area contributed by atoms with Gasteiger partial charge in [-0.15, -0.1) is 5.10 Å². The Morgan fingerprint density at radius 3 is 2.82 bits per heavy atom. The third-order valence-corrected chi connectivity index (χ3v) is 6.54. The molecule has 3 aromatic rings. The van der Waals surface area contributed by atoms with E-state index in [2.05, 4.69) is 37.4 Å². The van der Waals surface area contributed by atoms with Crippen LogP contribution in [0.1, 0.15) is 28.9 Å². The molecule has 0 aliphatic carbocycles. The molecule has 0 unspecified atom stereocenters. The first-order valence-electron chi connectivity index (χ1n) is 10.6. The summed E-state index contributed by atoms with van der Waals surface area (Å²) in [6.45, 7) is 4.56. The molecule has 0 atom stereocenters. The molecule has 3 aromatic heterocycles. The van der Waals surface area contributed by atoms with Crippen LogP contribution in [0.5, 0.6) is 10.9 Å². The molecule has 174 valence electrons. The highest BCUT2D eigenvalue weighted by atomic mass is 35.5. The number of nitrogens with zero attached hydrogens (tertiary/aromatic N) is 5. The Hall–Kier alpha value is -2.82. The molecule has 11 heteroatoms. The first-order valence-corrected chi connectivity index (χ1v) is 11.8. The van der Waals surface area contributed by atoms with E-state index in [0.29, 0.717) is 56.1 Å².